The summed E-state index contributed by atoms with van der Waals surface area (Å²) in [7, 11) is 0. The molecule has 1 unspecified atom stereocenters. The van der Waals surface area contributed by atoms with Crippen LogP contribution in [0.1, 0.15) is 53.4 Å². The van der Waals surface area contributed by atoms with E-state index in [-0.39, 0.29) is 4.87 Å². The fourth-order valence-electron chi connectivity index (χ4n) is 1.66. The summed E-state index contributed by atoms with van der Waals surface area (Å²) in [6.07, 6.45) is 11.4. The van der Waals surface area contributed by atoms with Crippen molar-refractivity contribution in [2.24, 2.45) is 5.92 Å². The number of halogens is 2. The molecule has 0 aliphatic rings. The molecule has 0 aromatic heterocycles. The van der Waals surface area contributed by atoms with E-state index in [4.69, 9.17) is 11.6 Å². The summed E-state index contributed by atoms with van der Waals surface area (Å²) in [5, 5.41) is 0.934. The van der Waals surface area contributed by atoms with Crippen molar-refractivity contribution in [1.29, 1.82) is 0 Å². The Morgan fingerprint density at radius 3 is 2.59 bits per heavy atom. The molecule has 100 valence electrons. The summed E-state index contributed by atoms with van der Waals surface area (Å²) in [4.78, 5) is -0.0369. The highest BCUT2D eigenvalue weighted by Gasteiger charge is 2.12. The molecule has 0 radical (unpaired) electrons. The van der Waals surface area contributed by atoms with Gasteiger partial charge in [-0.05, 0) is 39.5 Å². The van der Waals surface area contributed by atoms with E-state index >= 15 is 0 Å². The van der Waals surface area contributed by atoms with E-state index in [9.17, 15) is 0 Å². The highest BCUT2D eigenvalue weighted by Crippen LogP contribution is 2.23. The molecule has 0 heterocycles. The Bertz CT molecular complexity index is 248. The second kappa shape index (κ2) is 9.22. The molecule has 17 heavy (non-hydrogen) atoms. The Balaban J connectivity index is 3.73. The van der Waals surface area contributed by atoms with Crippen molar-refractivity contribution < 1.29 is 0 Å². The van der Waals surface area contributed by atoms with Gasteiger partial charge in [0, 0.05) is 10.2 Å². The molecule has 0 bridgehead atoms. The topological polar surface area (TPSA) is 0 Å². The number of alkyl halides is 2. The van der Waals surface area contributed by atoms with Crippen molar-refractivity contribution in [3.63, 3.8) is 0 Å². The third kappa shape index (κ3) is 12.5. The smallest absolute Gasteiger partial charge is 0.0390 e. The van der Waals surface area contributed by atoms with Crippen LogP contribution < -0.4 is 0 Å². The molecule has 0 rings (SSSR count). The van der Waals surface area contributed by atoms with E-state index < -0.39 is 0 Å². The zero-order chi connectivity index (χ0) is 13.3. The Morgan fingerprint density at radius 1 is 1.41 bits per heavy atom. The molecule has 0 aliphatic carbocycles. The molecule has 2 heteroatoms. The van der Waals surface area contributed by atoms with Gasteiger partial charge in [-0.25, -0.2) is 0 Å². The monoisotopic (exact) mass is 320 g/mol. The van der Waals surface area contributed by atoms with Gasteiger partial charge in [-0.1, -0.05) is 59.5 Å². The Hall–Kier alpha value is 0.250. The lowest BCUT2D eigenvalue weighted by atomic mass is 9.96. The predicted molar refractivity (Wildman–Crippen MR) is 84.3 cm³/mol. The van der Waals surface area contributed by atoms with Gasteiger partial charge in [-0.3, -0.25) is 0 Å². The first kappa shape index (κ1) is 17.2. The maximum absolute atomic E-state index is 6.17. The van der Waals surface area contributed by atoms with Gasteiger partial charge in [0.25, 0.3) is 0 Å². The summed E-state index contributed by atoms with van der Waals surface area (Å²) < 4.78 is 0. The number of rotatable bonds is 8. The molecule has 0 amide bonds. The van der Waals surface area contributed by atoms with E-state index in [0.29, 0.717) is 0 Å². The normalized spacial score (nSPS) is 15.5. The van der Waals surface area contributed by atoms with Crippen molar-refractivity contribution in [3.05, 3.63) is 23.8 Å². The van der Waals surface area contributed by atoms with Gasteiger partial charge >= 0.3 is 0 Å². The van der Waals surface area contributed by atoms with E-state index in [0.717, 1.165) is 24.1 Å². The molecule has 0 aromatic rings. The predicted octanol–water partition coefficient (Wildman–Crippen LogP) is 6.10. The van der Waals surface area contributed by atoms with Crippen LogP contribution in [0.25, 0.3) is 0 Å². The van der Waals surface area contributed by atoms with Crippen LogP contribution in [0.3, 0.4) is 0 Å². The van der Waals surface area contributed by atoms with Crippen molar-refractivity contribution in [1.82, 2.24) is 0 Å². The zero-order valence-corrected chi connectivity index (χ0v) is 13.9. The van der Waals surface area contributed by atoms with Gasteiger partial charge < -0.3 is 0 Å². The Kier molecular flexibility index (Phi) is 9.35. The highest BCUT2D eigenvalue weighted by molar-refractivity contribution is 9.09. The average Bonchev–Trinajstić information content (AvgIpc) is 2.16. The van der Waals surface area contributed by atoms with E-state index in [1.807, 2.05) is 0 Å². The molecule has 0 nitrogen and oxygen atoms in total. The quantitative estimate of drug-likeness (QED) is 0.374. The standard InChI is InChI=1S/C15H26BrCl/c1-13(9-6-11-15(3,4)17)7-5-8-14(2)10-12-16/h5,8,10,13H,6-7,9,11-12H2,1-4H3/b8-5+,14-10+. The third-order valence-corrected chi connectivity index (χ3v) is 3.30. The number of hydrogen-bond donors (Lipinski definition) is 0. The van der Waals surface area contributed by atoms with Crippen molar-refractivity contribution >= 4 is 27.5 Å². The lowest BCUT2D eigenvalue weighted by Crippen LogP contribution is -2.10. The molecule has 0 N–H and O–H groups in total. The average molecular weight is 322 g/mol. The Labute approximate surface area is 121 Å². The maximum Gasteiger partial charge on any atom is 0.0390 e. The van der Waals surface area contributed by atoms with Crippen LogP contribution in [-0.4, -0.2) is 10.2 Å². The summed E-state index contributed by atoms with van der Waals surface area (Å²) >= 11 is 9.57. The SMILES string of the molecule is CC(/C=C/CC(C)CCCC(C)(C)Cl)=C\CBr. The van der Waals surface area contributed by atoms with E-state index in [1.165, 1.54) is 18.4 Å². The first-order valence-corrected chi connectivity index (χ1v) is 7.93. The minimum atomic E-state index is -0.0369. The van der Waals surface area contributed by atoms with E-state index in [2.05, 4.69) is 61.9 Å². The van der Waals surface area contributed by atoms with Crippen molar-refractivity contribution in [2.45, 2.75) is 58.3 Å². The van der Waals surface area contributed by atoms with Crippen molar-refractivity contribution in [2.75, 3.05) is 5.33 Å². The minimum absolute atomic E-state index is 0.0369. The molecule has 0 spiro atoms. The van der Waals surface area contributed by atoms with Gasteiger partial charge in [0.05, 0.1) is 0 Å². The zero-order valence-electron chi connectivity index (χ0n) is 11.6. The van der Waals surface area contributed by atoms with Crippen LogP contribution in [-0.2, 0) is 0 Å². The third-order valence-electron chi connectivity index (χ3n) is 2.79. The summed E-state index contributed by atoms with van der Waals surface area (Å²) in [5.74, 6) is 0.752. The van der Waals surface area contributed by atoms with Crippen LogP contribution in [0.4, 0.5) is 0 Å². The molecule has 0 fully saturated rings. The Morgan fingerprint density at radius 2 is 2.06 bits per heavy atom. The van der Waals surface area contributed by atoms with Crippen LogP contribution in [0, 0.1) is 5.92 Å². The molecular weight excluding hydrogens is 296 g/mol. The summed E-state index contributed by atoms with van der Waals surface area (Å²) in [5.41, 5.74) is 1.33. The van der Waals surface area contributed by atoms with Gasteiger partial charge in [0.15, 0.2) is 0 Å². The van der Waals surface area contributed by atoms with Crippen molar-refractivity contribution in [3.8, 4) is 0 Å². The summed E-state index contributed by atoms with van der Waals surface area (Å²) in [6.45, 7) is 8.63. The molecule has 0 aromatic carbocycles. The molecule has 1 atom stereocenters. The van der Waals surface area contributed by atoms with Gasteiger partial charge in [0.2, 0.25) is 0 Å². The number of hydrogen-bond acceptors (Lipinski definition) is 0. The van der Waals surface area contributed by atoms with Gasteiger partial charge in [0.1, 0.15) is 0 Å². The van der Waals surface area contributed by atoms with E-state index in [1.54, 1.807) is 0 Å². The largest absolute Gasteiger partial charge is 0.120 e. The van der Waals surface area contributed by atoms with Gasteiger partial charge in [-0.2, -0.15) is 0 Å². The molecular formula is C15H26BrCl. The fraction of sp³-hybridized carbons (Fsp3) is 0.733. The molecule has 0 saturated heterocycles. The summed E-state index contributed by atoms with van der Waals surface area (Å²) in [6, 6.07) is 0. The highest BCUT2D eigenvalue weighted by atomic mass is 79.9. The lowest BCUT2D eigenvalue weighted by Gasteiger charge is -2.16. The van der Waals surface area contributed by atoms with Crippen LogP contribution in [0.15, 0.2) is 23.8 Å². The first-order chi connectivity index (χ1) is 7.85. The lowest BCUT2D eigenvalue weighted by molar-refractivity contribution is 0.474. The van der Waals surface area contributed by atoms with Crippen LogP contribution >= 0.6 is 27.5 Å². The maximum atomic E-state index is 6.17. The second-order valence-electron chi connectivity index (χ2n) is 5.46. The number of allylic oxidation sites excluding steroid dienone is 4. The second-order valence-corrected chi connectivity index (χ2v) is 7.13. The first-order valence-electron chi connectivity index (χ1n) is 6.43. The minimum Gasteiger partial charge on any atom is -0.120 e. The molecule has 0 saturated carbocycles. The molecule has 0 aliphatic heterocycles. The van der Waals surface area contributed by atoms with Crippen LogP contribution in [0.5, 0.6) is 0 Å². The van der Waals surface area contributed by atoms with Gasteiger partial charge in [-0.15, -0.1) is 11.6 Å². The fourth-order valence-corrected chi connectivity index (χ4v) is 2.31. The van der Waals surface area contributed by atoms with Crippen LogP contribution in [0.2, 0.25) is 0 Å².